The van der Waals surface area contributed by atoms with Gasteiger partial charge in [-0.15, -0.1) is 17.5 Å². The quantitative estimate of drug-likeness (QED) is 0.916. The van der Waals surface area contributed by atoms with Crippen molar-refractivity contribution in [3.63, 3.8) is 0 Å². The van der Waals surface area contributed by atoms with Crippen LogP contribution in [0.25, 0.3) is 0 Å². The third-order valence-electron chi connectivity index (χ3n) is 3.75. The molecule has 1 unspecified atom stereocenters. The van der Waals surface area contributed by atoms with E-state index in [0.29, 0.717) is 18.8 Å². The summed E-state index contributed by atoms with van der Waals surface area (Å²) < 4.78 is 14.7. The molecule has 0 bridgehead atoms. The van der Waals surface area contributed by atoms with Gasteiger partial charge in [0.15, 0.2) is 5.69 Å². The zero-order chi connectivity index (χ0) is 15.5. The predicted molar refractivity (Wildman–Crippen MR) is 86.1 cm³/mol. The van der Waals surface area contributed by atoms with Crippen LogP contribution in [0.4, 0.5) is 4.39 Å². The second kappa shape index (κ2) is 7.52. The molecule has 0 radical (unpaired) electrons. The normalized spacial score (nSPS) is 17.7. The van der Waals surface area contributed by atoms with E-state index in [1.807, 2.05) is 13.0 Å². The number of piperazine rings is 1. The van der Waals surface area contributed by atoms with Crippen molar-refractivity contribution in [1.29, 1.82) is 0 Å². The van der Waals surface area contributed by atoms with Gasteiger partial charge in [-0.25, -0.2) is 9.07 Å². The van der Waals surface area contributed by atoms with E-state index in [-0.39, 0.29) is 30.2 Å². The minimum Gasteiger partial charge on any atom is -0.332 e. The van der Waals surface area contributed by atoms with E-state index < -0.39 is 0 Å². The Bertz CT molecular complexity index is 677. The van der Waals surface area contributed by atoms with Crippen LogP contribution in [-0.4, -0.2) is 51.5 Å². The minimum absolute atomic E-state index is 0. The number of rotatable bonds is 3. The molecular formula is C15H19ClFN5O. The number of hydrogen-bond acceptors (Lipinski definition) is 4. The van der Waals surface area contributed by atoms with Crippen LogP contribution in [-0.2, 0) is 6.54 Å². The van der Waals surface area contributed by atoms with Crippen molar-refractivity contribution < 1.29 is 9.18 Å². The van der Waals surface area contributed by atoms with Crippen LogP contribution in [0.15, 0.2) is 30.5 Å². The molecule has 6 nitrogen and oxygen atoms in total. The molecule has 1 aromatic carbocycles. The molecule has 23 heavy (non-hydrogen) atoms. The molecule has 0 aliphatic carbocycles. The molecule has 8 heteroatoms. The monoisotopic (exact) mass is 339 g/mol. The number of carbonyl (C=O) groups is 1. The Morgan fingerprint density at radius 3 is 3.04 bits per heavy atom. The Balaban J connectivity index is 0.00000192. The summed E-state index contributed by atoms with van der Waals surface area (Å²) in [5.74, 6) is -0.400. The molecule has 1 amide bonds. The molecule has 1 aromatic heterocycles. The molecule has 1 atom stereocenters. The predicted octanol–water partition coefficient (Wildman–Crippen LogP) is 1.32. The Kier molecular flexibility index (Phi) is 5.68. The number of nitrogens with zero attached hydrogens (tertiary/aromatic N) is 4. The van der Waals surface area contributed by atoms with Gasteiger partial charge in [-0.2, -0.15) is 0 Å². The summed E-state index contributed by atoms with van der Waals surface area (Å²) >= 11 is 0. The Morgan fingerprint density at radius 1 is 1.48 bits per heavy atom. The summed E-state index contributed by atoms with van der Waals surface area (Å²) in [5.41, 5.74) is 1.10. The number of amides is 1. The first kappa shape index (κ1) is 17.4. The maximum absolute atomic E-state index is 13.2. The first-order valence-corrected chi connectivity index (χ1v) is 7.30. The Morgan fingerprint density at radius 2 is 2.30 bits per heavy atom. The topological polar surface area (TPSA) is 63.1 Å². The molecule has 3 rings (SSSR count). The minimum atomic E-state index is -0.288. The maximum atomic E-state index is 13.2. The molecule has 1 aliphatic rings. The van der Waals surface area contributed by atoms with Crippen LogP contribution in [0.5, 0.6) is 0 Å². The summed E-state index contributed by atoms with van der Waals surface area (Å²) in [6.45, 7) is 4.61. The van der Waals surface area contributed by atoms with Crippen molar-refractivity contribution in [3.05, 3.63) is 47.5 Å². The van der Waals surface area contributed by atoms with E-state index in [0.717, 1.165) is 18.7 Å². The van der Waals surface area contributed by atoms with Crippen LogP contribution in [0.2, 0.25) is 0 Å². The Hall–Kier alpha value is -1.99. The summed E-state index contributed by atoms with van der Waals surface area (Å²) in [4.78, 5) is 14.3. The molecule has 0 saturated carbocycles. The molecule has 1 saturated heterocycles. The van der Waals surface area contributed by atoms with E-state index in [9.17, 15) is 9.18 Å². The van der Waals surface area contributed by atoms with E-state index in [1.165, 1.54) is 12.1 Å². The second-order valence-corrected chi connectivity index (χ2v) is 5.48. The van der Waals surface area contributed by atoms with E-state index in [4.69, 9.17) is 0 Å². The SMILES string of the molecule is CC1CNCCN1C(=O)c1cn(Cc2cccc(F)c2)nn1.Cl. The van der Waals surface area contributed by atoms with Gasteiger partial charge in [-0.1, -0.05) is 17.3 Å². The van der Waals surface area contributed by atoms with Gasteiger partial charge in [-0.05, 0) is 24.6 Å². The standard InChI is InChI=1S/C15H18FN5O.ClH/c1-11-8-17-5-6-21(11)15(22)14-10-20(19-18-14)9-12-3-2-4-13(16)7-12;/h2-4,7,10-11,17H,5-6,8-9H2,1H3;1H. The first-order valence-electron chi connectivity index (χ1n) is 7.30. The van der Waals surface area contributed by atoms with Crippen LogP contribution in [0.1, 0.15) is 23.0 Å². The van der Waals surface area contributed by atoms with Gasteiger partial charge in [-0.3, -0.25) is 4.79 Å². The molecule has 2 heterocycles. The zero-order valence-electron chi connectivity index (χ0n) is 12.8. The van der Waals surface area contributed by atoms with E-state index in [2.05, 4.69) is 15.6 Å². The summed E-state index contributed by atoms with van der Waals surface area (Å²) in [5, 5.41) is 11.2. The third kappa shape index (κ3) is 4.05. The largest absolute Gasteiger partial charge is 0.332 e. The van der Waals surface area contributed by atoms with Gasteiger partial charge in [0.05, 0.1) is 12.7 Å². The fraction of sp³-hybridized carbons (Fsp3) is 0.400. The number of carbonyl (C=O) groups excluding carboxylic acids is 1. The van der Waals surface area contributed by atoms with Gasteiger partial charge in [0.25, 0.3) is 5.91 Å². The number of hydrogen-bond donors (Lipinski definition) is 1. The average molecular weight is 340 g/mol. The molecule has 1 aliphatic heterocycles. The van der Waals surface area contributed by atoms with Gasteiger partial charge in [0, 0.05) is 25.7 Å². The number of aromatic nitrogens is 3. The smallest absolute Gasteiger partial charge is 0.276 e. The van der Waals surface area contributed by atoms with Crippen molar-refractivity contribution in [2.24, 2.45) is 0 Å². The number of halogens is 2. The second-order valence-electron chi connectivity index (χ2n) is 5.48. The molecule has 1 N–H and O–H groups in total. The van der Waals surface area contributed by atoms with Crippen molar-refractivity contribution >= 4 is 18.3 Å². The van der Waals surface area contributed by atoms with Gasteiger partial charge >= 0.3 is 0 Å². The Labute approximate surface area is 140 Å². The van der Waals surface area contributed by atoms with Gasteiger partial charge in [0.2, 0.25) is 0 Å². The zero-order valence-corrected chi connectivity index (χ0v) is 13.6. The van der Waals surface area contributed by atoms with Gasteiger partial charge in [0.1, 0.15) is 5.82 Å². The summed E-state index contributed by atoms with van der Waals surface area (Å²) in [7, 11) is 0. The highest BCUT2D eigenvalue weighted by Crippen LogP contribution is 2.10. The molecule has 1 fully saturated rings. The summed E-state index contributed by atoms with van der Waals surface area (Å²) in [6, 6.07) is 6.43. The van der Waals surface area contributed by atoms with Gasteiger partial charge < -0.3 is 10.2 Å². The average Bonchev–Trinajstić information content (AvgIpc) is 2.95. The molecule has 124 valence electrons. The van der Waals surface area contributed by atoms with Crippen LogP contribution < -0.4 is 5.32 Å². The number of benzene rings is 1. The maximum Gasteiger partial charge on any atom is 0.276 e. The molecule has 0 spiro atoms. The fourth-order valence-electron chi connectivity index (χ4n) is 2.59. The van der Waals surface area contributed by atoms with E-state index in [1.54, 1.807) is 21.8 Å². The highest BCUT2D eigenvalue weighted by Gasteiger charge is 2.25. The van der Waals surface area contributed by atoms with Crippen molar-refractivity contribution in [2.75, 3.05) is 19.6 Å². The molecular weight excluding hydrogens is 321 g/mol. The summed E-state index contributed by atoms with van der Waals surface area (Å²) in [6.07, 6.45) is 1.61. The van der Waals surface area contributed by atoms with Crippen molar-refractivity contribution in [1.82, 2.24) is 25.2 Å². The fourth-order valence-corrected chi connectivity index (χ4v) is 2.59. The lowest BCUT2D eigenvalue weighted by Gasteiger charge is -2.33. The van der Waals surface area contributed by atoms with Crippen molar-refractivity contribution in [3.8, 4) is 0 Å². The lowest BCUT2D eigenvalue weighted by Crippen LogP contribution is -2.52. The van der Waals surface area contributed by atoms with Crippen LogP contribution >= 0.6 is 12.4 Å². The first-order chi connectivity index (χ1) is 10.6. The molecule has 2 aromatic rings. The van der Waals surface area contributed by atoms with E-state index >= 15 is 0 Å². The van der Waals surface area contributed by atoms with Crippen LogP contribution in [0, 0.1) is 5.82 Å². The third-order valence-corrected chi connectivity index (χ3v) is 3.75. The highest BCUT2D eigenvalue weighted by molar-refractivity contribution is 5.92. The number of nitrogens with one attached hydrogen (secondary N) is 1. The highest BCUT2D eigenvalue weighted by atomic mass is 35.5. The lowest BCUT2D eigenvalue weighted by molar-refractivity contribution is 0.0649. The van der Waals surface area contributed by atoms with Crippen molar-refractivity contribution in [2.45, 2.75) is 19.5 Å². The van der Waals surface area contributed by atoms with Crippen LogP contribution in [0.3, 0.4) is 0 Å². The lowest BCUT2D eigenvalue weighted by atomic mass is 10.2.